The van der Waals surface area contributed by atoms with Crippen molar-refractivity contribution in [2.45, 2.75) is 58.7 Å². The molecule has 6 nitrogen and oxygen atoms in total. The van der Waals surface area contributed by atoms with Crippen molar-refractivity contribution in [1.29, 1.82) is 0 Å². The molecule has 1 fully saturated rings. The largest absolute Gasteiger partial charge is 0.357 e. The van der Waals surface area contributed by atoms with Crippen molar-refractivity contribution in [1.82, 2.24) is 25.1 Å². The molecule has 0 radical (unpaired) electrons. The van der Waals surface area contributed by atoms with Gasteiger partial charge in [0, 0.05) is 44.6 Å². The van der Waals surface area contributed by atoms with Gasteiger partial charge in [-0.3, -0.25) is 0 Å². The number of piperidine rings is 1. The molecule has 1 aliphatic rings. The zero-order chi connectivity index (χ0) is 20.3. The number of aliphatic imine (C=N–C) groups is 1. The molecule has 1 saturated heterocycles. The Hall–Kier alpha value is -1.61. The van der Waals surface area contributed by atoms with Crippen molar-refractivity contribution >= 4 is 29.9 Å². The number of guanidine groups is 1. The van der Waals surface area contributed by atoms with Crippen LogP contribution in [0.2, 0.25) is 0 Å². The Morgan fingerprint density at radius 1 is 1.17 bits per heavy atom. The number of halogens is 1. The van der Waals surface area contributed by atoms with Crippen LogP contribution in [0.3, 0.4) is 0 Å². The lowest BCUT2D eigenvalue weighted by Crippen LogP contribution is -2.41. The van der Waals surface area contributed by atoms with Crippen molar-refractivity contribution < 1.29 is 0 Å². The second-order valence-electron chi connectivity index (χ2n) is 7.91. The average Bonchev–Trinajstić information content (AvgIpc) is 3.24. The van der Waals surface area contributed by atoms with E-state index in [2.05, 4.69) is 63.2 Å². The van der Waals surface area contributed by atoms with E-state index in [9.17, 15) is 0 Å². The molecular formula is C23H37IN6. The summed E-state index contributed by atoms with van der Waals surface area (Å²) in [5.74, 6) is 0.904. The van der Waals surface area contributed by atoms with Gasteiger partial charge in [-0.15, -0.1) is 24.0 Å². The van der Waals surface area contributed by atoms with Crippen LogP contribution in [0.1, 0.15) is 50.7 Å². The minimum atomic E-state index is 0. The van der Waals surface area contributed by atoms with Gasteiger partial charge in [0.2, 0.25) is 0 Å². The van der Waals surface area contributed by atoms with Gasteiger partial charge in [-0.05, 0) is 50.8 Å². The summed E-state index contributed by atoms with van der Waals surface area (Å²) in [6.07, 6.45) is 10.9. The molecule has 1 aromatic carbocycles. The molecule has 1 aromatic heterocycles. The molecule has 0 amide bonds. The van der Waals surface area contributed by atoms with Crippen LogP contribution in [0, 0.1) is 0 Å². The molecule has 0 bridgehead atoms. The molecule has 7 heteroatoms. The van der Waals surface area contributed by atoms with Gasteiger partial charge in [0.1, 0.15) is 0 Å². The Kier molecular flexibility index (Phi) is 11.2. The molecule has 0 spiro atoms. The third-order valence-electron chi connectivity index (χ3n) is 5.57. The minimum absolute atomic E-state index is 0. The monoisotopic (exact) mass is 524 g/mol. The first-order valence-electron chi connectivity index (χ1n) is 11.0. The minimum Gasteiger partial charge on any atom is -0.357 e. The molecular weight excluding hydrogens is 487 g/mol. The zero-order valence-corrected chi connectivity index (χ0v) is 20.7. The Labute approximate surface area is 198 Å². The van der Waals surface area contributed by atoms with Crippen molar-refractivity contribution in [3.05, 3.63) is 54.1 Å². The van der Waals surface area contributed by atoms with Crippen molar-refractivity contribution in [2.24, 2.45) is 4.99 Å². The van der Waals surface area contributed by atoms with Crippen LogP contribution in [-0.4, -0.2) is 52.6 Å². The number of hydrogen-bond acceptors (Lipinski definition) is 3. The van der Waals surface area contributed by atoms with Gasteiger partial charge in [-0.2, -0.15) is 0 Å². The Balaban J connectivity index is 0.00000320. The highest BCUT2D eigenvalue weighted by atomic mass is 127. The molecule has 2 aromatic rings. The van der Waals surface area contributed by atoms with Gasteiger partial charge in [-0.25, -0.2) is 9.98 Å². The second-order valence-corrected chi connectivity index (χ2v) is 7.91. The second kappa shape index (κ2) is 13.6. The van der Waals surface area contributed by atoms with E-state index in [-0.39, 0.29) is 24.0 Å². The lowest BCUT2D eigenvalue weighted by Gasteiger charge is -2.33. The molecule has 30 heavy (non-hydrogen) atoms. The maximum Gasteiger partial charge on any atom is 0.191 e. The van der Waals surface area contributed by atoms with E-state index in [1.54, 1.807) is 0 Å². The van der Waals surface area contributed by atoms with E-state index < -0.39 is 0 Å². The van der Waals surface area contributed by atoms with Gasteiger partial charge in [0.05, 0.1) is 12.9 Å². The standard InChI is InChI=1S/C23H36N6.HI/c1-3-25-23(26-12-6-15-29-14-5-4-7-20(29)2)27-17-21-8-10-22(11-9-21)18-28-16-13-24-19-28;/h8-11,13,16,19-20H,3-7,12,14-15,17-18H2,1-2H3,(H2,25,26,27);1H. The van der Waals surface area contributed by atoms with Crippen LogP contribution in [0.25, 0.3) is 0 Å². The number of nitrogens with zero attached hydrogens (tertiary/aromatic N) is 4. The van der Waals surface area contributed by atoms with Crippen molar-refractivity contribution in [3.63, 3.8) is 0 Å². The van der Waals surface area contributed by atoms with Gasteiger partial charge < -0.3 is 20.1 Å². The van der Waals surface area contributed by atoms with Crippen LogP contribution in [0.5, 0.6) is 0 Å². The Morgan fingerprint density at radius 2 is 1.97 bits per heavy atom. The zero-order valence-electron chi connectivity index (χ0n) is 18.4. The fourth-order valence-electron chi connectivity index (χ4n) is 3.83. The fraction of sp³-hybridized carbons (Fsp3) is 0.565. The maximum atomic E-state index is 4.75. The number of aromatic nitrogens is 2. The number of imidazole rings is 1. The third kappa shape index (κ3) is 8.26. The first-order chi connectivity index (χ1) is 14.2. The van der Waals surface area contributed by atoms with Gasteiger partial charge in [0.15, 0.2) is 5.96 Å². The van der Waals surface area contributed by atoms with E-state index in [1.165, 1.54) is 43.5 Å². The lowest BCUT2D eigenvalue weighted by molar-refractivity contribution is 0.159. The number of hydrogen-bond donors (Lipinski definition) is 2. The molecule has 3 rings (SSSR count). The third-order valence-corrected chi connectivity index (χ3v) is 5.57. The molecule has 1 atom stereocenters. The van der Waals surface area contributed by atoms with E-state index >= 15 is 0 Å². The highest BCUT2D eigenvalue weighted by Crippen LogP contribution is 2.16. The number of likely N-dealkylation sites (tertiary alicyclic amines) is 1. The molecule has 2 heterocycles. The summed E-state index contributed by atoms with van der Waals surface area (Å²) in [6, 6.07) is 9.41. The number of nitrogens with one attached hydrogen (secondary N) is 2. The smallest absolute Gasteiger partial charge is 0.191 e. The number of benzene rings is 1. The van der Waals surface area contributed by atoms with Crippen LogP contribution in [-0.2, 0) is 13.1 Å². The van der Waals surface area contributed by atoms with Gasteiger partial charge >= 0.3 is 0 Å². The maximum absolute atomic E-state index is 4.75. The molecule has 166 valence electrons. The number of rotatable bonds is 9. The summed E-state index contributed by atoms with van der Waals surface area (Å²) in [6.45, 7) is 10.3. The van der Waals surface area contributed by atoms with E-state index in [0.29, 0.717) is 6.54 Å². The van der Waals surface area contributed by atoms with Crippen molar-refractivity contribution in [2.75, 3.05) is 26.2 Å². The van der Waals surface area contributed by atoms with Crippen LogP contribution in [0.15, 0.2) is 48.0 Å². The predicted molar refractivity (Wildman–Crippen MR) is 136 cm³/mol. The fourth-order valence-corrected chi connectivity index (χ4v) is 3.83. The van der Waals surface area contributed by atoms with Gasteiger partial charge in [0.25, 0.3) is 0 Å². The van der Waals surface area contributed by atoms with Crippen LogP contribution in [0.4, 0.5) is 0 Å². The Morgan fingerprint density at radius 3 is 2.67 bits per heavy atom. The van der Waals surface area contributed by atoms with Crippen molar-refractivity contribution in [3.8, 4) is 0 Å². The SMILES string of the molecule is CCNC(=NCc1ccc(Cn2ccnc2)cc1)NCCCN1CCCCC1C.I. The molecule has 2 N–H and O–H groups in total. The van der Waals surface area contributed by atoms with Crippen LogP contribution >= 0.6 is 24.0 Å². The summed E-state index contributed by atoms with van der Waals surface area (Å²) in [5, 5.41) is 6.84. The lowest BCUT2D eigenvalue weighted by atomic mass is 10.0. The van der Waals surface area contributed by atoms with E-state index in [1.807, 2.05) is 18.7 Å². The first kappa shape index (κ1) is 24.7. The van der Waals surface area contributed by atoms with Gasteiger partial charge in [-0.1, -0.05) is 30.7 Å². The van der Waals surface area contributed by atoms with E-state index in [0.717, 1.165) is 38.1 Å². The predicted octanol–water partition coefficient (Wildman–Crippen LogP) is 3.87. The highest BCUT2D eigenvalue weighted by Gasteiger charge is 2.17. The molecule has 0 aliphatic carbocycles. The molecule has 0 saturated carbocycles. The van der Waals surface area contributed by atoms with Crippen LogP contribution < -0.4 is 10.6 Å². The average molecular weight is 524 g/mol. The summed E-state index contributed by atoms with van der Waals surface area (Å²) < 4.78 is 2.07. The normalized spacial score (nSPS) is 17.4. The summed E-state index contributed by atoms with van der Waals surface area (Å²) in [5.41, 5.74) is 2.49. The van der Waals surface area contributed by atoms with E-state index in [4.69, 9.17) is 4.99 Å². The topological polar surface area (TPSA) is 57.5 Å². The summed E-state index contributed by atoms with van der Waals surface area (Å²) in [4.78, 5) is 11.5. The first-order valence-corrected chi connectivity index (χ1v) is 11.0. The molecule has 1 aliphatic heterocycles. The summed E-state index contributed by atoms with van der Waals surface area (Å²) in [7, 11) is 0. The Bertz CT molecular complexity index is 729. The summed E-state index contributed by atoms with van der Waals surface area (Å²) >= 11 is 0. The quantitative estimate of drug-likeness (QED) is 0.226. The molecule has 1 unspecified atom stereocenters. The highest BCUT2D eigenvalue weighted by molar-refractivity contribution is 14.0.